The van der Waals surface area contributed by atoms with Crippen LogP contribution in [-0.4, -0.2) is 28.9 Å². The summed E-state index contributed by atoms with van der Waals surface area (Å²) in [5.41, 5.74) is 2.28. The molecule has 1 atom stereocenters. The number of hydrogen-bond acceptors (Lipinski definition) is 3. The molecule has 0 unspecified atom stereocenters. The van der Waals surface area contributed by atoms with Gasteiger partial charge in [0.05, 0.1) is 6.42 Å². The highest BCUT2D eigenvalue weighted by molar-refractivity contribution is 5.92. The summed E-state index contributed by atoms with van der Waals surface area (Å²) in [4.78, 5) is 26.7. The molecule has 0 bridgehead atoms. The third-order valence-electron chi connectivity index (χ3n) is 4.89. The highest BCUT2D eigenvalue weighted by Crippen LogP contribution is 2.35. The molecule has 2 aliphatic rings. The van der Waals surface area contributed by atoms with Crippen molar-refractivity contribution >= 4 is 17.5 Å². The normalized spacial score (nSPS) is 19.1. The molecule has 140 valence electrons. The Morgan fingerprint density at radius 2 is 1.96 bits per heavy atom. The van der Waals surface area contributed by atoms with E-state index in [9.17, 15) is 14.0 Å². The van der Waals surface area contributed by atoms with Crippen LogP contribution in [-0.2, 0) is 22.6 Å². The van der Waals surface area contributed by atoms with E-state index in [1.165, 1.54) is 12.1 Å². The van der Waals surface area contributed by atoms with E-state index in [0.29, 0.717) is 24.0 Å². The lowest BCUT2D eigenvalue weighted by atomic mass is 10.1. The molecule has 1 N–H and O–H groups in total. The molecule has 0 radical (unpaired) electrons. The van der Waals surface area contributed by atoms with Crippen molar-refractivity contribution in [3.05, 3.63) is 59.4 Å². The molecule has 1 fully saturated rings. The summed E-state index contributed by atoms with van der Waals surface area (Å²) >= 11 is 0. The number of rotatable bonds is 4. The van der Waals surface area contributed by atoms with Gasteiger partial charge in [0, 0.05) is 23.8 Å². The second kappa shape index (κ2) is 7.02. The van der Waals surface area contributed by atoms with Gasteiger partial charge < -0.3 is 15.0 Å². The predicted octanol–water partition coefficient (Wildman–Crippen LogP) is 3.28. The molecule has 2 aromatic carbocycles. The number of carbonyl (C=O) groups is 2. The Morgan fingerprint density at radius 3 is 2.67 bits per heavy atom. The van der Waals surface area contributed by atoms with E-state index in [1.807, 2.05) is 11.0 Å². The van der Waals surface area contributed by atoms with Gasteiger partial charge in [-0.1, -0.05) is 12.1 Å². The zero-order valence-electron chi connectivity index (χ0n) is 15.1. The predicted molar refractivity (Wildman–Crippen MR) is 98.8 cm³/mol. The molecular formula is C21H21FN2O3. The van der Waals surface area contributed by atoms with Gasteiger partial charge in [0.1, 0.15) is 11.6 Å². The number of hydrogen-bond donors (Lipinski definition) is 1. The summed E-state index contributed by atoms with van der Waals surface area (Å²) in [6.07, 6.45) is 1.72. The minimum absolute atomic E-state index is 0.00981. The standard InChI is InChI=1S/C21H21FN2O3/c1-13-21(26)24(18-7-8-18)12-15-11-17(6-9-19(15)27-13)23-20(25)10-14-2-4-16(22)5-3-14/h2-6,9,11,13,18H,7-8,10,12H2,1H3,(H,23,25)/t13-/m1/s1. The second-order valence-electron chi connectivity index (χ2n) is 7.13. The minimum Gasteiger partial charge on any atom is -0.481 e. The molecule has 1 aliphatic heterocycles. The maximum absolute atomic E-state index is 13.0. The average Bonchev–Trinajstić information content (AvgIpc) is 3.47. The maximum atomic E-state index is 13.0. The van der Waals surface area contributed by atoms with Crippen LogP contribution < -0.4 is 10.1 Å². The molecule has 0 saturated heterocycles. The molecule has 1 heterocycles. The van der Waals surface area contributed by atoms with E-state index >= 15 is 0 Å². The minimum atomic E-state index is -0.509. The van der Waals surface area contributed by atoms with Crippen molar-refractivity contribution in [1.82, 2.24) is 4.90 Å². The first-order valence-electron chi connectivity index (χ1n) is 9.14. The van der Waals surface area contributed by atoms with E-state index in [4.69, 9.17) is 4.74 Å². The quantitative estimate of drug-likeness (QED) is 0.901. The molecule has 1 aliphatic carbocycles. The second-order valence-corrected chi connectivity index (χ2v) is 7.13. The van der Waals surface area contributed by atoms with Gasteiger partial charge in [0.2, 0.25) is 5.91 Å². The molecule has 4 rings (SSSR count). The van der Waals surface area contributed by atoms with Gasteiger partial charge in [-0.15, -0.1) is 0 Å². The zero-order chi connectivity index (χ0) is 19.0. The zero-order valence-corrected chi connectivity index (χ0v) is 15.1. The number of halogens is 1. The first kappa shape index (κ1) is 17.5. The monoisotopic (exact) mass is 368 g/mol. The number of nitrogens with zero attached hydrogens (tertiary/aromatic N) is 1. The van der Waals surface area contributed by atoms with Gasteiger partial charge in [0.25, 0.3) is 5.91 Å². The molecule has 27 heavy (non-hydrogen) atoms. The van der Waals surface area contributed by atoms with E-state index in [1.54, 1.807) is 31.2 Å². The van der Waals surface area contributed by atoms with E-state index < -0.39 is 6.10 Å². The van der Waals surface area contributed by atoms with Crippen LogP contribution in [0.25, 0.3) is 0 Å². The van der Waals surface area contributed by atoms with Crippen LogP contribution in [0.3, 0.4) is 0 Å². The molecule has 0 spiro atoms. The number of nitrogens with one attached hydrogen (secondary N) is 1. The van der Waals surface area contributed by atoms with Crippen molar-refractivity contribution in [3.8, 4) is 5.75 Å². The van der Waals surface area contributed by atoms with E-state index in [2.05, 4.69) is 5.32 Å². The fraction of sp³-hybridized carbons (Fsp3) is 0.333. The van der Waals surface area contributed by atoms with Crippen LogP contribution in [0.5, 0.6) is 5.75 Å². The van der Waals surface area contributed by atoms with Crippen LogP contribution in [0.1, 0.15) is 30.9 Å². The molecule has 5 nitrogen and oxygen atoms in total. The first-order chi connectivity index (χ1) is 13.0. The Labute approximate surface area is 157 Å². The summed E-state index contributed by atoms with van der Waals surface area (Å²) in [6.45, 7) is 2.26. The number of ether oxygens (including phenoxy) is 1. The lowest BCUT2D eigenvalue weighted by Gasteiger charge is -2.21. The average molecular weight is 368 g/mol. The van der Waals surface area contributed by atoms with Gasteiger partial charge in [-0.25, -0.2) is 4.39 Å². The highest BCUT2D eigenvalue weighted by Gasteiger charge is 2.37. The van der Waals surface area contributed by atoms with Crippen LogP contribution >= 0.6 is 0 Å². The van der Waals surface area contributed by atoms with E-state index in [0.717, 1.165) is 24.0 Å². The Morgan fingerprint density at radius 1 is 1.22 bits per heavy atom. The third kappa shape index (κ3) is 3.94. The van der Waals surface area contributed by atoms with Crippen molar-refractivity contribution in [3.63, 3.8) is 0 Å². The highest BCUT2D eigenvalue weighted by atomic mass is 19.1. The number of benzene rings is 2. The number of anilines is 1. The van der Waals surface area contributed by atoms with Gasteiger partial charge in [-0.3, -0.25) is 9.59 Å². The maximum Gasteiger partial charge on any atom is 0.263 e. The Bertz CT molecular complexity index is 877. The molecule has 6 heteroatoms. The number of amides is 2. The SMILES string of the molecule is C[C@H]1Oc2ccc(NC(=O)Cc3ccc(F)cc3)cc2CN(C2CC2)C1=O. The van der Waals surface area contributed by atoms with E-state index in [-0.39, 0.29) is 24.1 Å². The summed E-state index contributed by atoms with van der Waals surface area (Å²) in [5, 5.41) is 2.87. The van der Waals surface area contributed by atoms with Gasteiger partial charge in [-0.2, -0.15) is 0 Å². The summed E-state index contributed by atoms with van der Waals surface area (Å²) in [5.74, 6) is 0.180. The van der Waals surface area contributed by atoms with Crippen LogP contribution in [0.4, 0.5) is 10.1 Å². The topological polar surface area (TPSA) is 58.6 Å². The van der Waals surface area contributed by atoms with Crippen LogP contribution in [0.15, 0.2) is 42.5 Å². The summed E-state index contributed by atoms with van der Waals surface area (Å²) in [7, 11) is 0. The number of carbonyl (C=O) groups excluding carboxylic acids is 2. The Hall–Kier alpha value is -2.89. The van der Waals surface area contributed by atoms with Gasteiger partial charge >= 0.3 is 0 Å². The lowest BCUT2D eigenvalue weighted by Crippen LogP contribution is -2.39. The largest absolute Gasteiger partial charge is 0.481 e. The molecule has 0 aromatic heterocycles. The van der Waals surface area contributed by atoms with Crippen molar-refractivity contribution in [2.75, 3.05) is 5.32 Å². The lowest BCUT2D eigenvalue weighted by molar-refractivity contribution is -0.138. The molecule has 1 saturated carbocycles. The molecule has 2 amide bonds. The Balaban J connectivity index is 1.49. The van der Waals surface area contributed by atoms with Gasteiger partial charge in [-0.05, 0) is 55.7 Å². The van der Waals surface area contributed by atoms with Crippen molar-refractivity contribution < 1.29 is 18.7 Å². The molecule has 2 aromatic rings. The van der Waals surface area contributed by atoms with Crippen LogP contribution in [0.2, 0.25) is 0 Å². The Kier molecular flexibility index (Phi) is 4.56. The van der Waals surface area contributed by atoms with Crippen molar-refractivity contribution in [1.29, 1.82) is 0 Å². The number of fused-ring (bicyclic) bond motifs is 1. The van der Waals surface area contributed by atoms with Crippen LogP contribution in [0, 0.1) is 5.82 Å². The summed E-state index contributed by atoms with van der Waals surface area (Å²) < 4.78 is 18.8. The first-order valence-corrected chi connectivity index (χ1v) is 9.14. The molecular weight excluding hydrogens is 347 g/mol. The van der Waals surface area contributed by atoms with Gasteiger partial charge in [0.15, 0.2) is 6.10 Å². The third-order valence-corrected chi connectivity index (χ3v) is 4.89. The summed E-state index contributed by atoms with van der Waals surface area (Å²) in [6, 6.07) is 11.6. The van der Waals surface area contributed by atoms with Crippen molar-refractivity contribution in [2.24, 2.45) is 0 Å². The van der Waals surface area contributed by atoms with Crippen molar-refractivity contribution in [2.45, 2.75) is 44.9 Å². The fourth-order valence-corrected chi connectivity index (χ4v) is 3.32. The smallest absolute Gasteiger partial charge is 0.263 e. The fourth-order valence-electron chi connectivity index (χ4n) is 3.32.